The summed E-state index contributed by atoms with van der Waals surface area (Å²) in [5.74, 6) is -0.270. The lowest BCUT2D eigenvalue weighted by Gasteiger charge is -2.21. The Labute approximate surface area is 102 Å². The number of aliphatic hydroxyl groups excluding tert-OH is 1. The van der Waals surface area contributed by atoms with Gasteiger partial charge in [-0.3, -0.25) is 0 Å². The average molecular weight is 240 g/mol. The first-order valence-electron chi connectivity index (χ1n) is 5.86. The number of aliphatic hydroxyl groups is 1. The van der Waals surface area contributed by atoms with E-state index >= 15 is 0 Å². The van der Waals surface area contributed by atoms with Crippen LogP contribution in [0.1, 0.15) is 31.9 Å². The van der Waals surface area contributed by atoms with E-state index in [4.69, 9.17) is 5.73 Å². The van der Waals surface area contributed by atoms with E-state index < -0.39 is 0 Å². The fourth-order valence-corrected chi connectivity index (χ4v) is 1.62. The lowest BCUT2D eigenvalue weighted by Crippen LogP contribution is -2.23. The third-order valence-corrected chi connectivity index (χ3v) is 2.79. The minimum Gasteiger partial charge on any atom is -0.393 e. The van der Waals surface area contributed by atoms with Crippen molar-refractivity contribution in [2.75, 3.05) is 18.5 Å². The summed E-state index contributed by atoms with van der Waals surface area (Å²) in [5, 5.41) is 9.20. The van der Waals surface area contributed by atoms with E-state index in [9.17, 15) is 9.50 Å². The number of halogens is 1. The second kappa shape index (κ2) is 5.98. The van der Waals surface area contributed by atoms with Crippen molar-refractivity contribution in [3.63, 3.8) is 0 Å². The Kier molecular flexibility index (Phi) is 4.90. The Morgan fingerprint density at radius 3 is 2.53 bits per heavy atom. The van der Waals surface area contributed by atoms with Crippen molar-refractivity contribution >= 4 is 5.69 Å². The largest absolute Gasteiger partial charge is 0.393 e. The third-order valence-electron chi connectivity index (χ3n) is 2.79. The molecule has 1 rings (SSSR count). The van der Waals surface area contributed by atoms with Gasteiger partial charge in [0, 0.05) is 19.6 Å². The minimum atomic E-state index is -0.371. The van der Waals surface area contributed by atoms with Crippen molar-refractivity contribution < 1.29 is 9.50 Å². The molecule has 0 saturated heterocycles. The molecule has 0 aliphatic rings. The predicted molar refractivity (Wildman–Crippen MR) is 68.6 cm³/mol. The molecular formula is C13H21FN2O. The van der Waals surface area contributed by atoms with Crippen LogP contribution in [0.25, 0.3) is 0 Å². The smallest absolute Gasteiger partial charge is 0.146 e. The maximum Gasteiger partial charge on any atom is 0.146 e. The molecule has 96 valence electrons. The highest BCUT2D eigenvalue weighted by atomic mass is 19.1. The molecule has 0 bridgehead atoms. The molecule has 3 N–H and O–H groups in total. The summed E-state index contributed by atoms with van der Waals surface area (Å²) >= 11 is 0. The SMILES string of the molecule is CC(O)CCN(C)c1ccc(C(C)N)cc1F. The summed E-state index contributed by atoms with van der Waals surface area (Å²) in [6.45, 7) is 4.17. The van der Waals surface area contributed by atoms with Crippen molar-refractivity contribution in [2.24, 2.45) is 5.73 Å². The van der Waals surface area contributed by atoms with Gasteiger partial charge in [-0.25, -0.2) is 4.39 Å². The molecule has 0 saturated carbocycles. The van der Waals surface area contributed by atoms with Gasteiger partial charge in [0.15, 0.2) is 0 Å². The summed E-state index contributed by atoms with van der Waals surface area (Å²) in [6, 6.07) is 4.87. The van der Waals surface area contributed by atoms with Crippen LogP contribution in [0.3, 0.4) is 0 Å². The van der Waals surface area contributed by atoms with Crippen molar-refractivity contribution in [1.82, 2.24) is 0 Å². The summed E-state index contributed by atoms with van der Waals surface area (Å²) in [7, 11) is 1.81. The molecule has 1 aromatic rings. The van der Waals surface area contributed by atoms with E-state index in [-0.39, 0.29) is 18.0 Å². The fourth-order valence-electron chi connectivity index (χ4n) is 1.62. The highest BCUT2D eigenvalue weighted by Gasteiger charge is 2.10. The van der Waals surface area contributed by atoms with Crippen LogP contribution in [-0.4, -0.2) is 24.8 Å². The van der Waals surface area contributed by atoms with Gasteiger partial charge in [0.2, 0.25) is 0 Å². The summed E-state index contributed by atoms with van der Waals surface area (Å²) in [4.78, 5) is 1.80. The average Bonchev–Trinajstić information content (AvgIpc) is 2.25. The van der Waals surface area contributed by atoms with Crippen molar-refractivity contribution in [3.8, 4) is 0 Å². The van der Waals surface area contributed by atoms with E-state index in [1.807, 2.05) is 20.0 Å². The molecule has 3 nitrogen and oxygen atoms in total. The van der Waals surface area contributed by atoms with Crippen molar-refractivity contribution in [3.05, 3.63) is 29.6 Å². The molecule has 0 fully saturated rings. The Morgan fingerprint density at radius 2 is 2.06 bits per heavy atom. The monoisotopic (exact) mass is 240 g/mol. The maximum atomic E-state index is 13.8. The summed E-state index contributed by atoms with van der Waals surface area (Å²) < 4.78 is 13.8. The normalized spacial score (nSPS) is 14.5. The predicted octanol–water partition coefficient (Wildman–Crippen LogP) is 2.05. The standard InChI is InChI=1S/C13H21FN2O/c1-9(17)6-7-16(3)13-5-4-11(10(2)15)8-12(13)14/h4-5,8-10,17H,6-7,15H2,1-3H3. The number of nitrogens with zero attached hydrogens (tertiary/aromatic N) is 1. The zero-order valence-electron chi connectivity index (χ0n) is 10.7. The van der Waals surface area contributed by atoms with Crippen LogP contribution in [0.5, 0.6) is 0 Å². The van der Waals surface area contributed by atoms with Gasteiger partial charge in [0.1, 0.15) is 5.82 Å². The minimum absolute atomic E-state index is 0.165. The first-order chi connectivity index (χ1) is 7.91. The van der Waals surface area contributed by atoms with Crippen LogP contribution >= 0.6 is 0 Å². The van der Waals surface area contributed by atoms with Gasteiger partial charge in [0.05, 0.1) is 11.8 Å². The Balaban J connectivity index is 2.77. The molecule has 0 spiro atoms. The fraction of sp³-hybridized carbons (Fsp3) is 0.538. The van der Waals surface area contributed by atoms with Crippen LogP contribution in [0.2, 0.25) is 0 Å². The van der Waals surface area contributed by atoms with Crippen molar-refractivity contribution in [1.29, 1.82) is 0 Å². The third kappa shape index (κ3) is 3.98. The number of benzene rings is 1. The van der Waals surface area contributed by atoms with Gasteiger partial charge in [-0.2, -0.15) is 0 Å². The molecule has 0 aliphatic heterocycles. The van der Waals surface area contributed by atoms with Gasteiger partial charge in [-0.15, -0.1) is 0 Å². The highest BCUT2D eigenvalue weighted by molar-refractivity contribution is 5.48. The molecule has 2 unspecified atom stereocenters. The first-order valence-corrected chi connectivity index (χ1v) is 5.86. The molecule has 0 aromatic heterocycles. The molecule has 2 atom stereocenters. The molecule has 0 heterocycles. The van der Waals surface area contributed by atoms with Crippen molar-refractivity contribution in [2.45, 2.75) is 32.4 Å². The lowest BCUT2D eigenvalue weighted by atomic mass is 10.1. The van der Waals surface area contributed by atoms with Gasteiger partial charge in [0.25, 0.3) is 0 Å². The molecule has 4 heteroatoms. The maximum absolute atomic E-state index is 13.8. The van der Waals surface area contributed by atoms with Gasteiger partial charge in [-0.1, -0.05) is 6.07 Å². The quantitative estimate of drug-likeness (QED) is 0.828. The number of nitrogens with two attached hydrogens (primary N) is 1. The molecule has 1 aromatic carbocycles. The van der Waals surface area contributed by atoms with Gasteiger partial charge < -0.3 is 15.7 Å². The number of rotatable bonds is 5. The van der Waals surface area contributed by atoms with E-state index in [1.165, 1.54) is 6.07 Å². The van der Waals surface area contributed by atoms with E-state index in [2.05, 4.69) is 0 Å². The summed E-state index contributed by atoms with van der Waals surface area (Å²) in [6.07, 6.45) is 0.245. The second-order valence-corrected chi connectivity index (χ2v) is 4.56. The number of hydrogen-bond donors (Lipinski definition) is 2. The number of anilines is 1. The summed E-state index contributed by atoms with van der Waals surface area (Å²) in [5.41, 5.74) is 7.02. The van der Waals surface area contributed by atoms with Crippen LogP contribution < -0.4 is 10.6 Å². The first kappa shape index (κ1) is 13.9. The van der Waals surface area contributed by atoms with E-state index in [0.717, 1.165) is 5.56 Å². The molecular weight excluding hydrogens is 219 g/mol. The molecule has 0 amide bonds. The van der Waals surface area contributed by atoms with Crippen LogP contribution in [0.4, 0.5) is 10.1 Å². The van der Waals surface area contributed by atoms with E-state index in [0.29, 0.717) is 18.7 Å². The zero-order chi connectivity index (χ0) is 13.0. The Bertz CT molecular complexity index is 366. The van der Waals surface area contributed by atoms with Crippen LogP contribution in [-0.2, 0) is 0 Å². The second-order valence-electron chi connectivity index (χ2n) is 4.56. The molecule has 0 aliphatic carbocycles. The van der Waals surface area contributed by atoms with E-state index in [1.54, 1.807) is 17.9 Å². The lowest BCUT2D eigenvalue weighted by molar-refractivity contribution is 0.187. The van der Waals surface area contributed by atoms with Gasteiger partial charge >= 0.3 is 0 Å². The Hall–Kier alpha value is -1.13. The molecule has 17 heavy (non-hydrogen) atoms. The topological polar surface area (TPSA) is 49.5 Å². The highest BCUT2D eigenvalue weighted by Crippen LogP contribution is 2.22. The Morgan fingerprint density at radius 1 is 1.41 bits per heavy atom. The molecule has 0 radical (unpaired) electrons. The zero-order valence-corrected chi connectivity index (χ0v) is 10.7. The number of hydrogen-bond acceptors (Lipinski definition) is 3. The van der Waals surface area contributed by atoms with Crippen LogP contribution in [0.15, 0.2) is 18.2 Å². The van der Waals surface area contributed by atoms with Gasteiger partial charge in [-0.05, 0) is 38.0 Å². The van der Waals surface area contributed by atoms with Crippen LogP contribution in [0, 0.1) is 5.82 Å².